The molecule has 3 aromatic carbocycles. The number of Topliss-reactive ketones (excluding diaryl/α,β-unsaturated/α-hetero) is 2. The molecule has 2 aliphatic carbocycles. The van der Waals surface area contributed by atoms with Gasteiger partial charge in [-0.25, -0.2) is 0 Å². The summed E-state index contributed by atoms with van der Waals surface area (Å²) in [7, 11) is 0. The van der Waals surface area contributed by atoms with Gasteiger partial charge in [0.05, 0.1) is 8.95 Å². The van der Waals surface area contributed by atoms with Crippen molar-refractivity contribution in [1.29, 1.82) is 0 Å². The summed E-state index contributed by atoms with van der Waals surface area (Å²) in [4.78, 5) is 43.4. The molecule has 6 nitrogen and oxygen atoms in total. The van der Waals surface area contributed by atoms with E-state index in [9.17, 15) is 14.4 Å². The van der Waals surface area contributed by atoms with Crippen LogP contribution >= 0.6 is 31.9 Å². The molecule has 47 heavy (non-hydrogen) atoms. The molecule has 0 atom stereocenters. The predicted molar refractivity (Wildman–Crippen MR) is 192 cm³/mol. The number of para-hydroxylation sites is 1. The highest BCUT2D eigenvalue weighted by molar-refractivity contribution is 9.11. The van der Waals surface area contributed by atoms with Gasteiger partial charge < -0.3 is 15.0 Å². The second kappa shape index (κ2) is 13.2. The van der Waals surface area contributed by atoms with E-state index in [-0.39, 0.29) is 34.9 Å². The Balaban J connectivity index is 1.40. The largest absolute Gasteiger partial charge is 0.481 e. The monoisotopic (exact) mass is 758 g/mol. The first-order chi connectivity index (χ1) is 22.3. The quantitative estimate of drug-likeness (QED) is 0.248. The summed E-state index contributed by atoms with van der Waals surface area (Å²) in [6.07, 6.45) is 3.17. The average Bonchev–Trinajstić information content (AvgIpc) is 2.99. The summed E-state index contributed by atoms with van der Waals surface area (Å²) in [5, 5.41) is 2.84. The molecule has 3 aliphatic rings. The highest BCUT2D eigenvalue weighted by atomic mass is 79.9. The Morgan fingerprint density at radius 3 is 1.85 bits per heavy atom. The van der Waals surface area contributed by atoms with E-state index in [1.54, 1.807) is 0 Å². The van der Waals surface area contributed by atoms with E-state index in [1.807, 2.05) is 48.5 Å². The van der Waals surface area contributed by atoms with Gasteiger partial charge >= 0.3 is 0 Å². The molecule has 0 spiro atoms. The maximum atomic E-state index is 14.2. The molecule has 1 heterocycles. The number of allylic oxidation sites excluding steroid dienone is 4. The summed E-state index contributed by atoms with van der Waals surface area (Å²) in [5.41, 5.74) is 5.92. The van der Waals surface area contributed by atoms with Gasteiger partial charge in [0.2, 0.25) is 0 Å². The van der Waals surface area contributed by atoms with E-state index in [0.717, 1.165) is 47.4 Å². The molecule has 0 saturated carbocycles. The number of hydrogen-bond donors (Lipinski definition) is 1. The van der Waals surface area contributed by atoms with Crippen molar-refractivity contribution in [2.24, 2.45) is 10.8 Å². The standard InChI is InChI=1S/C39H40Br2N2O4/c1-38(2)19-29-35(31(44)21-38)34(25-17-27(40)37(28(41)18-25)47-23-33(46)42-26-13-9-6-10-14-26)36-30(20-39(3,4)22-32(36)45)43(29)16-15-24-11-7-5-8-12-24/h5-14,17-18,34H,15-16,19-23H2,1-4H3,(H,42,46). The molecule has 6 rings (SSSR count). The van der Waals surface area contributed by atoms with Crippen LogP contribution < -0.4 is 10.1 Å². The molecule has 0 radical (unpaired) electrons. The molecule has 8 heteroatoms. The van der Waals surface area contributed by atoms with Gasteiger partial charge in [-0.2, -0.15) is 0 Å². The summed E-state index contributed by atoms with van der Waals surface area (Å²) < 4.78 is 7.25. The third-order valence-corrected chi connectivity index (χ3v) is 10.4. The van der Waals surface area contributed by atoms with Crippen LogP contribution in [0.5, 0.6) is 5.75 Å². The van der Waals surface area contributed by atoms with Crippen molar-refractivity contribution in [2.45, 2.75) is 65.7 Å². The summed E-state index contributed by atoms with van der Waals surface area (Å²) in [6, 6.07) is 23.5. The maximum absolute atomic E-state index is 14.2. The first-order valence-electron chi connectivity index (χ1n) is 16.1. The van der Waals surface area contributed by atoms with Crippen molar-refractivity contribution in [3.8, 4) is 5.75 Å². The number of carbonyl (C=O) groups excluding carboxylic acids is 3. The van der Waals surface area contributed by atoms with E-state index in [0.29, 0.717) is 39.8 Å². The highest BCUT2D eigenvalue weighted by Crippen LogP contribution is 2.55. The molecule has 1 N–H and O–H groups in total. The van der Waals surface area contributed by atoms with Crippen molar-refractivity contribution >= 4 is 55.0 Å². The third kappa shape index (κ3) is 7.19. The Labute approximate surface area is 293 Å². The Bertz CT molecular complexity index is 1720. The molecule has 0 bridgehead atoms. The number of ketones is 2. The number of hydrogen-bond acceptors (Lipinski definition) is 5. The van der Waals surface area contributed by atoms with Crippen molar-refractivity contribution < 1.29 is 19.1 Å². The molecule has 244 valence electrons. The lowest BCUT2D eigenvalue weighted by molar-refractivity contribution is -0.120. The minimum atomic E-state index is -0.483. The van der Waals surface area contributed by atoms with E-state index >= 15 is 0 Å². The summed E-state index contributed by atoms with van der Waals surface area (Å²) >= 11 is 7.38. The van der Waals surface area contributed by atoms with Crippen LogP contribution in [0.1, 0.15) is 70.4 Å². The van der Waals surface area contributed by atoms with Gasteiger partial charge in [-0.15, -0.1) is 0 Å². The zero-order valence-electron chi connectivity index (χ0n) is 27.3. The number of amides is 1. The minimum absolute atomic E-state index is 0.0975. The molecule has 3 aromatic rings. The Hall–Kier alpha value is -3.49. The third-order valence-electron chi connectivity index (χ3n) is 9.25. The Morgan fingerprint density at radius 2 is 1.32 bits per heavy atom. The van der Waals surface area contributed by atoms with Crippen LogP contribution in [-0.4, -0.2) is 35.5 Å². The smallest absolute Gasteiger partial charge is 0.262 e. The first-order valence-corrected chi connectivity index (χ1v) is 17.7. The number of rotatable bonds is 8. The summed E-state index contributed by atoms with van der Waals surface area (Å²) in [6.45, 7) is 9.15. The highest BCUT2D eigenvalue weighted by Gasteiger charge is 2.49. The molecular weight excluding hydrogens is 720 g/mol. The van der Waals surface area contributed by atoms with Gasteiger partial charge in [-0.3, -0.25) is 14.4 Å². The van der Waals surface area contributed by atoms with Crippen LogP contribution in [-0.2, 0) is 20.8 Å². The number of anilines is 1. The van der Waals surface area contributed by atoms with Gasteiger partial charge in [0, 0.05) is 53.5 Å². The fourth-order valence-electron chi connectivity index (χ4n) is 7.28. The van der Waals surface area contributed by atoms with Crippen LogP contribution in [0, 0.1) is 10.8 Å². The van der Waals surface area contributed by atoms with E-state index in [1.165, 1.54) is 5.56 Å². The molecule has 0 aromatic heterocycles. The van der Waals surface area contributed by atoms with Gasteiger partial charge in [-0.05, 0) is 97.3 Å². The molecule has 0 fully saturated rings. The lowest BCUT2D eigenvalue weighted by atomic mass is 9.63. The SMILES string of the molecule is CC1(C)CC(=O)C2=C(C1)N(CCc1ccccc1)C1=C(C(=O)CC(C)(C)C1)C2c1cc(Br)c(OCC(=O)Nc2ccccc2)c(Br)c1. The minimum Gasteiger partial charge on any atom is -0.481 e. The molecule has 0 saturated heterocycles. The van der Waals surface area contributed by atoms with Crippen LogP contribution in [0.15, 0.2) is 104 Å². The van der Waals surface area contributed by atoms with Gasteiger partial charge in [-0.1, -0.05) is 76.2 Å². The molecule has 1 aliphatic heterocycles. The van der Waals surface area contributed by atoms with Crippen molar-refractivity contribution in [2.75, 3.05) is 18.5 Å². The van der Waals surface area contributed by atoms with Crippen molar-refractivity contribution in [1.82, 2.24) is 4.90 Å². The van der Waals surface area contributed by atoms with Crippen LogP contribution in [0.4, 0.5) is 5.69 Å². The normalized spacial score (nSPS) is 19.0. The number of nitrogens with one attached hydrogen (secondary N) is 1. The van der Waals surface area contributed by atoms with Crippen LogP contribution in [0.25, 0.3) is 0 Å². The fourth-order valence-corrected chi connectivity index (χ4v) is 8.73. The van der Waals surface area contributed by atoms with Crippen LogP contribution in [0.2, 0.25) is 0 Å². The maximum Gasteiger partial charge on any atom is 0.262 e. The Kier molecular flexibility index (Phi) is 9.38. The van der Waals surface area contributed by atoms with Gasteiger partial charge in [0.15, 0.2) is 18.2 Å². The number of ether oxygens (including phenoxy) is 1. The predicted octanol–water partition coefficient (Wildman–Crippen LogP) is 9.16. The Morgan fingerprint density at radius 1 is 0.809 bits per heavy atom. The van der Waals surface area contributed by atoms with Gasteiger partial charge in [0.25, 0.3) is 5.91 Å². The number of benzene rings is 3. The lowest BCUT2D eigenvalue weighted by Crippen LogP contribution is -2.45. The van der Waals surface area contributed by atoms with Crippen LogP contribution in [0.3, 0.4) is 0 Å². The molecule has 1 amide bonds. The van der Waals surface area contributed by atoms with E-state index < -0.39 is 5.92 Å². The second-order valence-corrected chi connectivity index (χ2v) is 16.1. The lowest BCUT2D eigenvalue weighted by Gasteiger charge is -2.49. The van der Waals surface area contributed by atoms with E-state index in [2.05, 4.69) is 94.0 Å². The topological polar surface area (TPSA) is 75.7 Å². The molecular formula is C39H40Br2N2O4. The number of nitrogens with zero attached hydrogens (tertiary/aromatic N) is 1. The van der Waals surface area contributed by atoms with Crippen molar-refractivity contribution in [3.63, 3.8) is 0 Å². The zero-order chi connectivity index (χ0) is 33.5. The second-order valence-electron chi connectivity index (χ2n) is 14.4. The average molecular weight is 761 g/mol. The van der Waals surface area contributed by atoms with E-state index in [4.69, 9.17) is 4.74 Å². The zero-order valence-corrected chi connectivity index (χ0v) is 30.5. The number of carbonyl (C=O) groups is 3. The first kappa shape index (κ1) is 33.4. The van der Waals surface area contributed by atoms with Crippen molar-refractivity contribution in [3.05, 3.63) is 115 Å². The summed E-state index contributed by atoms with van der Waals surface area (Å²) in [5.74, 6) is -0.0888. The number of halogens is 2. The molecule has 0 unspecified atom stereocenters. The fraction of sp³-hybridized carbons (Fsp3) is 0.359. The van der Waals surface area contributed by atoms with Gasteiger partial charge in [0.1, 0.15) is 5.75 Å².